The Bertz CT molecular complexity index is 1150. The number of nitrogens with zero attached hydrogens (tertiary/aromatic N) is 4. The highest BCUT2D eigenvalue weighted by atomic mass is 16.7. The van der Waals surface area contributed by atoms with Crippen molar-refractivity contribution in [2.24, 2.45) is 0 Å². The number of rotatable bonds is 5. The number of carbonyl (C=O) groups is 2. The summed E-state index contributed by atoms with van der Waals surface area (Å²) < 4.78 is 25.2. The van der Waals surface area contributed by atoms with Crippen LogP contribution in [0.15, 0.2) is 18.5 Å². The van der Waals surface area contributed by atoms with Crippen molar-refractivity contribution < 1.29 is 28.4 Å². The number of hydrogen-bond acceptors (Lipinski definition) is 9. The van der Waals surface area contributed by atoms with Gasteiger partial charge in [-0.15, -0.1) is 0 Å². The molecule has 0 aromatic carbocycles. The molecule has 0 radical (unpaired) electrons. The van der Waals surface area contributed by atoms with Crippen LogP contribution in [0.1, 0.15) is 82.1 Å². The summed E-state index contributed by atoms with van der Waals surface area (Å²) in [5, 5.41) is 0. The van der Waals surface area contributed by atoms with E-state index in [0.29, 0.717) is 36.6 Å². The largest absolute Gasteiger partial charge is 0.497 e. The molecule has 10 nitrogen and oxygen atoms in total. The van der Waals surface area contributed by atoms with Gasteiger partial charge in [0.25, 0.3) is 0 Å². The lowest BCUT2D eigenvalue weighted by atomic mass is 9.77. The summed E-state index contributed by atoms with van der Waals surface area (Å²) in [6.07, 6.45) is 1.65. The predicted octanol–water partition coefficient (Wildman–Crippen LogP) is 2.73. The van der Waals surface area contributed by atoms with Crippen LogP contribution in [0.2, 0.25) is 0 Å². The quantitative estimate of drug-likeness (QED) is 0.455. The van der Waals surface area contributed by atoms with E-state index < -0.39 is 35.9 Å². The Labute approximate surface area is 212 Å². The fraction of sp³-hybridized carbons (Fsp3) is 0.600. The van der Waals surface area contributed by atoms with E-state index in [1.54, 1.807) is 13.3 Å². The minimum Gasteiger partial charge on any atom is -0.461 e. The molecule has 2 aliphatic rings. The Hall–Kier alpha value is -2.92. The lowest BCUT2D eigenvalue weighted by molar-refractivity contribution is 0.00578. The van der Waals surface area contributed by atoms with Crippen LogP contribution in [-0.2, 0) is 31.9 Å². The summed E-state index contributed by atoms with van der Waals surface area (Å²) in [7, 11) is -0.766. The topological polar surface area (TPSA) is 105 Å². The van der Waals surface area contributed by atoms with Gasteiger partial charge in [-0.3, -0.25) is 0 Å². The van der Waals surface area contributed by atoms with E-state index in [0.717, 1.165) is 5.69 Å². The molecule has 2 aromatic heterocycles. The standard InChI is InChI=1S/C25H35BN4O6/c1-9-33-21(31)20-17-14-29(12-13-30(17)15-27-20)18-11-10-16(19(28-18)22(32)34-23(2,3)4)26-35-24(5,6)25(7,8)36-26/h10-11,15H,9,12-14H2,1-8H3. The van der Waals surface area contributed by atoms with Crippen molar-refractivity contribution in [1.29, 1.82) is 0 Å². The number of fused-ring (bicyclic) bond motifs is 1. The first-order chi connectivity index (χ1) is 16.7. The molecule has 2 aromatic rings. The van der Waals surface area contributed by atoms with E-state index >= 15 is 0 Å². The molecule has 4 rings (SSSR count). The highest BCUT2D eigenvalue weighted by Gasteiger charge is 2.53. The van der Waals surface area contributed by atoms with Crippen LogP contribution < -0.4 is 10.4 Å². The van der Waals surface area contributed by atoms with Crippen molar-refractivity contribution in [1.82, 2.24) is 14.5 Å². The van der Waals surface area contributed by atoms with Crippen molar-refractivity contribution >= 4 is 30.3 Å². The van der Waals surface area contributed by atoms with Crippen molar-refractivity contribution in [2.75, 3.05) is 18.1 Å². The van der Waals surface area contributed by atoms with Gasteiger partial charge in [0.1, 0.15) is 11.4 Å². The summed E-state index contributed by atoms with van der Waals surface area (Å²) in [6.45, 7) is 16.9. The van der Waals surface area contributed by atoms with Gasteiger partial charge in [0, 0.05) is 18.6 Å². The minimum absolute atomic E-state index is 0.144. The second-order valence-corrected chi connectivity index (χ2v) is 11.1. The van der Waals surface area contributed by atoms with E-state index in [4.69, 9.17) is 23.8 Å². The molecular weight excluding hydrogens is 463 g/mol. The Morgan fingerprint density at radius 1 is 1.06 bits per heavy atom. The predicted molar refractivity (Wildman–Crippen MR) is 134 cm³/mol. The first kappa shape index (κ1) is 26.2. The van der Waals surface area contributed by atoms with Crippen LogP contribution in [0.5, 0.6) is 0 Å². The number of pyridine rings is 1. The lowest BCUT2D eigenvalue weighted by Crippen LogP contribution is -2.41. The van der Waals surface area contributed by atoms with E-state index in [-0.39, 0.29) is 12.3 Å². The van der Waals surface area contributed by atoms with Gasteiger partial charge < -0.3 is 28.2 Å². The minimum atomic E-state index is -0.766. The average Bonchev–Trinajstić information content (AvgIpc) is 3.29. The summed E-state index contributed by atoms with van der Waals surface area (Å²) in [6, 6.07) is 3.65. The average molecular weight is 498 g/mol. The van der Waals surface area contributed by atoms with Crippen molar-refractivity contribution in [3.8, 4) is 0 Å². The van der Waals surface area contributed by atoms with Gasteiger partial charge in [0.05, 0.1) is 36.4 Å². The first-order valence-corrected chi connectivity index (χ1v) is 12.3. The molecule has 0 saturated carbocycles. The Morgan fingerprint density at radius 2 is 1.72 bits per heavy atom. The summed E-state index contributed by atoms with van der Waals surface area (Å²) >= 11 is 0. The summed E-state index contributed by atoms with van der Waals surface area (Å²) in [4.78, 5) is 36.6. The Kier molecular flexibility index (Phi) is 6.68. The highest BCUT2D eigenvalue weighted by Crippen LogP contribution is 2.37. The number of imidazole rings is 1. The van der Waals surface area contributed by atoms with E-state index in [9.17, 15) is 9.59 Å². The van der Waals surface area contributed by atoms with Gasteiger partial charge in [-0.25, -0.2) is 19.6 Å². The zero-order valence-electron chi connectivity index (χ0n) is 22.4. The molecule has 11 heteroatoms. The molecule has 0 atom stereocenters. The normalized spacial score (nSPS) is 18.7. The van der Waals surface area contributed by atoms with Gasteiger partial charge in [-0.1, -0.05) is 6.07 Å². The molecule has 1 fully saturated rings. The first-order valence-electron chi connectivity index (χ1n) is 12.3. The number of anilines is 1. The fourth-order valence-corrected chi connectivity index (χ4v) is 4.11. The molecule has 0 aliphatic carbocycles. The molecule has 0 unspecified atom stereocenters. The molecule has 1 saturated heterocycles. The molecule has 0 spiro atoms. The van der Waals surface area contributed by atoms with Crippen LogP contribution in [0.4, 0.5) is 5.82 Å². The van der Waals surface area contributed by atoms with Gasteiger partial charge in [0.2, 0.25) is 0 Å². The van der Waals surface area contributed by atoms with Crippen LogP contribution >= 0.6 is 0 Å². The zero-order valence-corrected chi connectivity index (χ0v) is 22.4. The number of carbonyl (C=O) groups excluding carboxylic acids is 2. The third-order valence-electron chi connectivity index (χ3n) is 6.70. The molecule has 36 heavy (non-hydrogen) atoms. The van der Waals surface area contributed by atoms with Gasteiger partial charge in [-0.05, 0) is 61.5 Å². The molecule has 0 N–H and O–H groups in total. The number of aromatic nitrogens is 3. The number of ether oxygens (including phenoxy) is 2. The SMILES string of the molecule is CCOC(=O)c1ncn2c1CN(c1ccc(B3OC(C)(C)C(C)(C)O3)c(C(=O)OC(C)(C)C)n1)CC2. The van der Waals surface area contributed by atoms with Crippen molar-refractivity contribution in [2.45, 2.75) is 85.3 Å². The van der Waals surface area contributed by atoms with Crippen LogP contribution in [-0.4, -0.2) is 63.5 Å². The number of hydrogen-bond donors (Lipinski definition) is 0. The van der Waals surface area contributed by atoms with E-state index in [2.05, 4.69) is 4.98 Å². The van der Waals surface area contributed by atoms with Gasteiger partial charge >= 0.3 is 19.1 Å². The molecule has 194 valence electrons. The third kappa shape index (κ3) is 4.99. The van der Waals surface area contributed by atoms with E-state index in [1.807, 2.05) is 70.1 Å². The van der Waals surface area contributed by atoms with Crippen LogP contribution in [0.3, 0.4) is 0 Å². The highest BCUT2D eigenvalue weighted by molar-refractivity contribution is 6.63. The maximum atomic E-state index is 13.3. The number of esters is 2. The monoisotopic (exact) mass is 498 g/mol. The zero-order chi connectivity index (χ0) is 26.5. The van der Waals surface area contributed by atoms with Crippen molar-refractivity contribution in [3.05, 3.63) is 35.5 Å². The third-order valence-corrected chi connectivity index (χ3v) is 6.70. The maximum Gasteiger partial charge on any atom is 0.497 e. The molecule has 0 amide bonds. The van der Waals surface area contributed by atoms with Crippen LogP contribution in [0.25, 0.3) is 0 Å². The van der Waals surface area contributed by atoms with Crippen molar-refractivity contribution in [3.63, 3.8) is 0 Å². The summed E-state index contributed by atoms with van der Waals surface area (Å²) in [5.74, 6) is -0.423. The lowest BCUT2D eigenvalue weighted by Gasteiger charge is -2.32. The maximum absolute atomic E-state index is 13.3. The summed E-state index contributed by atoms with van der Waals surface area (Å²) in [5.41, 5.74) is -0.148. The molecule has 4 heterocycles. The van der Waals surface area contributed by atoms with Crippen LogP contribution in [0, 0.1) is 0 Å². The smallest absolute Gasteiger partial charge is 0.461 e. The molecule has 0 bridgehead atoms. The molecular formula is C25H35BN4O6. The van der Waals surface area contributed by atoms with Gasteiger partial charge in [-0.2, -0.15) is 0 Å². The fourth-order valence-electron chi connectivity index (χ4n) is 4.11. The Balaban J connectivity index is 1.69. The van der Waals surface area contributed by atoms with E-state index in [1.165, 1.54) is 0 Å². The van der Waals surface area contributed by atoms with Gasteiger partial charge in [0.15, 0.2) is 11.4 Å². The second-order valence-electron chi connectivity index (χ2n) is 11.1. The Morgan fingerprint density at radius 3 is 2.33 bits per heavy atom. The second kappa shape index (κ2) is 9.19. The molecule has 2 aliphatic heterocycles.